The highest BCUT2D eigenvalue weighted by molar-refractivity contribution is 6.62. The predicted octanol–water partition coefficient (Wildman–Crippen LogP) is 2.37. The lowest BCUT2D eigenvalue weighted by molar-refractivity contribution is 0.00578. The largest absolute Gasteiger partial charge is 0.494 e. The van der Waals surface area contributed by atoms with E-state index >= 15 is 0 Å². The van der Waals surface area contributed by atoms with Gasteiger partial charge in [0.2, 0.25) is 0 Å². The number of hydrogen-bond donors (Lipinski definition) is 1. The summed E-state index contributed by atoms with van der Waals surface area (Å²) in [7, 11) is 1.25. The number of nitrogens with zero attached hydrogens (tertiary/aromatic N) is 1. The molecule has 3 rings (SSSR count). The van der Waals surface area contributed by atoms with Crippen LogP contribution in [-0.2, 0) is 9.31 Å². The van der Waals surface area contributed by atoms with E-state index in [1.54, 1.807) is 11.0 Å². The van der Waals surface area contributed by atoms with Crippen LogP contribution >= 0.6 is 12.4 Å². The van der Waals surface area contributed by atoms with Gasteiger partial charge in [0.1, 0.15) is 5.82 Å². The maximum Gasteiger partial charge on any atom is 0.494 e. The summed E-state index contributed by atoms with van der Waals surface area (Å²) in [5.41, 5.74) is -0.137. The van der Waals surface area contributed by atoms with Crippen LogP contribution in [0.1, 0.15) is 50.9 Å². The number of piperidine rings is 1. The number of likely N-dealkylation sites (tertiary alicyclic amines) is 1. The first-order valence-electron chi connectivity index (χ1n) is 9.25. The smallest absolute Gasteiger partial charge is 0.399 e. The molecule has 0 aromatic heterocycles. The molecule has 0 radical (unpaired) electrons. The van der Waals surface area contributed by atoms with E-state index in [-0.39, 0.29) is 18.3 Å². The lowest BCUT2D eigenvalue weighted by atomic mass is 9.78. The van der Waals surface area contributed by atoms with Crippen LogP contribution in [0, 0.1) is 5.82 Å². The monoisotopic (exact) mass is 398 g/mol. The molecule has 1 N–H and O–H groups in total. The van der Waals surface area contributed by atoms with Crippen LogP contribution in [-0.4, -0.2) is 55.3 Å². The molecule has 1 aromatic carbocycles. The Kier molecular flexibility index (Phi) is 6.62. The highest BCUT2D eigenvalue weighted by atomic mass is 35.5. The summed E-state index contributed by atoms with van der Waals surface area (Å²) in [6, 6.07) is 4.80. The van der Waals surface area contributed by atoms with Gasteiger partial charge in [0.05, 0.1) is 11.2 Å². The summed E-state index contributed by atoms with van der Waals surface area (Å²) in [6.07, 6.45) is 1.81. The maximum atomic E-state index is 14.2. The van der Waals surface area contributed by atoms with Crippen molar-refractivity contribution in [3.63, 3.8) is 0 Å². The Balaban J connectivity index is 0.00000261. The van der Waals surface area contributed by atoms with Crippen molar-refractivity contribution in [2.45, 2.75) is 57.8 Å². The number of rotatable bonds is 3. The molecule has 1 aromatic rings. The van der Waals surface area contributed by atoms with E-state index in [1.165, 1.54) is 12.1 Å². The first-order valence-corrected chi connectivity index (χ1v) is 9.25. The second kappa shape index (κ2) is 8.07. The summed E-state index contributed by atoms with van der Waals surface area (Å²) in [4.78, 5) is 14.6. The van der Waals surface area contributed by atoms with Crippen LogP contribution in [0.15, 0.2) is 18.2 Å². The fraction of sp³-hybridized carbons (Fsp3) is 0.632. The molecule has 150 valence electrons. The van der Waals surface area contributed by atoms with Crippen molar-refractivity contribution in [1.82, 2.24) is 10.2 Å². The number of amides is 1. The van der Waals surface area contributed by atoms with Crippen LogP contribution in [0.4, 0.5) is 4.39 Å². The molecule has 2 heterocycles. The number of carbonyl (C=O) groups is 1. The Hall–Kier alpha value is -1.15. The Morgan fingerprint density at radius 1 is 1.15 bits per heavy atom. The topological polar surface area (TPSA) is 50.8 Å². The van der Waals surface area contributed by atoms with Gasteiger partial charge in [0.25, 0.3) is 5.91 Å². The molecule has 2 aliphatic heterocycles. The average molecular weight is 399 g/mol. The van der Waals surface area contributed by atoms with Crippen LogP contribution in [0.5, 0.6) is 0 Å². The molecular weight excluding hydrogens is 369 g/mol. The second-order valence-electron chi connectivity index (χ2n) is 8.22. The standard InChI is InChI=1S/C19H28BFN2O3.ClH/c1-18(2)19(3,4)26-20(25-18)14-10-13(11-15(21)12-14)17(24)23-8-6-16(22-5)7-9-23;/h10-12,16,22H,6-9H2,1-5H3;1H. The fourth-order valence-corrected chi connectivity index (χ4v) is 3.40. The predicted molar refractivity (Wildman–Crippen MR) is 107 cm³/mol. The quantitative estimate of drug-likeness (QED) is 0.794. The third-order valence-corrected chi connectivity index (χ3v) is 5.88. The molecule has 27 heavy (non-hydrogen) atoms. The molecule has 8 heteroatoms. The van der Waals surface area contributed by atoms with E-state index in [0.29, 0.717) is 30.2 Å². The number of halogens is 2. The minimum atomic E-state index is -0.683. The Bertz CT molecular complexity index is 678. The summed E-state index contributed by atoms with van der Waals surface area (Å²) in [5, 5.41) is 3.24. The van der Waals surface area contributed by atoms with Crippen LogP contribution in [0.3, 0.4) is 0 Å². The zero-order valence-corrected chi connectivity index (χ0v) is 17.5. The summed E-state index contributed by atoms with van der Waals surface area (Å²) in [6.45, 7) is 9.14. The van der Waals surface area contributed by atoms with E-state index in [4.69, 9.17) is 9.31 Å². The molecule has 0 spiro atoms. The molecule has 0 saturated carbocycles. The number of benzene rings is 1. The van der Waals surface area contributed by atoms with E-state index in [9.17, 15) is 9.18 Å². The Morgan fingerprint density at radius 3 is 2.22 bits per heavy atom. The highest BCUT2D eigenvalue weighted by Crippen LogP contribution is 2.36. The highest BCUT2D eigenvalue weighted by Gasteiger charge is 2.51. The molecule has 0 bridgehead atoms. The van der Waals surface area contributed by atoms with Gasteiger partial charge in [-0.15, -0.1) is 12.4 Å². The van der Waals surface area contributed by atoms with Crippen LogP contribution in [0.2, 0.25) is 0 Å². The third-order valence-electron chi connectivity index (χ3n) is 5.88. The van der Waals surface area contributed by atoms with Crippen molar-refractivity contribution in [3.05, 3.63) is 29.6 Å². The van der Waals surface area contributed by atoms with Crippen molar-refractivity contribution >= 4 is 30.9 Å². The van der Waals surface area contributed by atoms with E-state index < -0.39 is 24.1 Å². The van der Waals surface area contributed by atoms with Crippen molar-refractivity contribution < 1.29 is 18.5 Å². The lowest BCUT2D eigenvalue weighted by Gasteiger charge is -2.32. The van der Waals surface area contributed by atoms with E-state index in [0.717, 1.165) is 12.8 Å². The van der Waals surface area contributed by atoms with Gasteiger partial charge >= 0.3 is 7.12 Å². The van der Waals surface area contributed by atoms with Gasteiger partial charge in [-0.1, -0.05) is 0 Å². The molecule has 0 unspecified atom stereocenters. The van der Waals surface area contributed by atoms with E-state index in [2.05, 4.69) is 5.32 Å². The molecule has 0 aliphatic carbocycles. The Morgan fingerprint density at radius 2 is 1.70 bits per heavy atom. The summed E-state index contributed by atoms with van der Waals surface area (Å²) >= 11 is 0. The summed E-state index contributed by atoms with van der Waals surface area (Å²) < 4.78 is 26.2. The number of hydrogen-bond acceptors (Lipinski definition) is 4. The first kappa shape index (κ1) is 22.1. The number of nitrogens with one attached hydrogen (secondary N) is 1. The summed E-state index contributed by atoms with van der Waals surface area (Å²) in [5.74, 6) is -0.595. The average Bonchev–Trinajstić information content (AvgIpc) is 2.81. The van der Waals surface area contributed by atoms with Crippen molar-refractivity contribution in [2.75, 3.05) is 20.1 Å². The molecule has 0 atom stereocenters. The first-order chi connectivity index (χ1) is 12.1. The van der Waals surface area contributed by atoms with Gasteiger partial charge in [0.15, 0.2) is 0 Å². The van der Waals surface area contributed by atoms with Crippen molar-refractivity contribution in [1.29, 1.82) is 0 Å². The Labute approximate surface area is 167 Å². The molecule has 1 amide bonds. The maximum absolute atomic E-state index is 14.2. The lowest BCUT2D eigenvalue weighted by Crippen LogP contribution is -2.44. The van der Waals surface area contributed by atoms with Gasteiger partial charge in [-0.2, -0.15) is 0 Å². The minimum Gasteiger partial charge on any atom is -0.399 e. The molecule has 5 nitrogen and oxygen atoms in total. The zero-order chi connectivity index (χ0) is 19.1. The molecule has 2 fully saturated rings. The van der Waals surface area contributed by atoms with Gasteiger partial charge < -0.3 is 19.5 Å². The van der Waals surface area contributed by atoms with Crippen LogP contribution in [0.25, 0.3) is 0 Å². The zero-order valence-electron chi connectivity index (χ0n) is 16.7. The van der Waals surface area contributed by atoms with Crippen molar-refractivity contribution in [2.24, 2.45) is 0 Å². The SMILES string of the molecule is CNC1CCN(C(=O)c2cc(F)cc(B3OC(C)(C)C(C)(C)O3)c2)CC1.Cl. The normalized spacial score (nSPS) is 21.9. The van der Waals surface area contributed by atoms with Gasteiger partial charge in [-0.25, -0.2) is 4.39 Å². The van der Waals surface area contributed by atoms with Gasteiger partial charge in [-0.3, -0.25) is 4.79 Å². The molecule has 2 saturated heterocycles. The fourth-order valence-electron chi connectivity index (χ4n) is 3.40. The van der Waals surface area contributed by atoms with Gasteiger partial charge in [-0.05, 0) is 71.2 Å². The van der Waals surface area contributed by atoms with E-state index in [1.807, 2.05) is 34.7 Å². The third kappa shape index (κ3) is 4.48. The number of carbonyl (C=O) groups excluding carboxylic acids is 1. The minimum absolute atomic E-state index is 0. The molecule has 2 aliphatic rings. The van der Waals surface area contributed by atoms with Gasteiger partial charge in [0, 0.05) is 24.7 Å². The van der Waals surface area contributed by atoms with Crippen molar-refractivity contribution in [3.8, 4) is 0 Å². The molecular formula is C19H29BClFN2O3. The second-order valence-corrected chi connectivity index (χ2v) is 8.22. The van der Waals surface area contributed by atoms with Crippen LogP contribution < -0.4 is 10.8 Å².